The molecule has 0 radical (unpaired) electrons. The van der Waals surface area contributed by atoms with E-state index in [1.54, 1.807) is 14.1 Å². The summed E-state index contributed by atoms with van der Waals surface area (Å²) in [4.78, 5) is 38.7. The molecule has 1 atom stereocenters. The topological polar surface area (TPSA) is 110 Å². The third-order valence-electron chi connectivity index (χ3n) is 3.77. The zero-order chi connectivity index (χ0) is 17.7. The lowest BCUT2D eigenvalue weighted by Crippen LogP contribution is -2.49. The highest BCUT2D eigenvalue weighted by atomic mass is 16.5. The molecule has 0 aliphatic carbocycles. The van der Waals surface area contributed by atoms with Crippen LogP contribution in [0.1, 0.15) is 19.3 Å². The fraction of sp³-hybridized carbons (Fsp3) is 0.643. The second kappa shape index (κ2) is 7.75. The van der Waals surface area contributed by atoms with Crippen LogP contribution in [0.2, 0.25) is 0 Å². The monoisotopic (exact) mass is 338 g/mol. The van der Waals surface area contributed by atoms with Crippen molar-refractivity contribution in [3.8, 4) is 0 Å². The van der Waals surface area contributed by atoms with Crippen LogP contribution in [0, 0.1) is 0 Å². The predicted octanol–water partition coefficient (Wildman–Crippen LogP) is -0.0743. The Balaban J connectivity index is 1.99. The highest BCUT2D eigenvalue weighted by Gasteiger charge is 2.32. The average molecular weight is 338 g/mol. The molecule has 10 heteroatoms. The summed E-state index contributed by atoms with van der Waals surface area (Å²) in [5, 5.41) is 10.2. The number of hydrogen-bond acceptors (Lipinski definition) is 6. The molecule has 24 heavy (non-hydrogen) atoms. The van der Waals surface area contributed by atoms with Crippen molar-refractivity contribution in [1.29, 1.82) is 0 Å². The molecule has 1 unspecified atom stereocenters. The van der Waals surface area contributed by atoms with Crippen molar-refractivity contribution in [3.05, 3.63) is 6.20 Å². The Hall–Kier alpha value is -2.65. The summed E-state index contributed by atoms with van der Waals surface area (Å²) in [7, 11) is 4.52. The van der Waals surface area contributed by atoms with Gasteiger partial charge < -0.3 is 14.5 Å². The number of piperidine rings is 1. The van der Waals surface area contributed by atoms with Crippen LogP contribution in [0.4, 0.5) is 10.6 Å². The summed E-state index contributed by atoms with van der Waals surface area (Å²) >= 11 is 0. The SMILES string of the molecule is COC(=O)C1CCCCN1C(=O)Cn1cc(NC(=O)N(C)C)nn1. The number of carbonyl (C=O) groups is 3. The van der Waals surface area contributed by atoms with E-state index in [1.807, 2.05) is 0 Å². The maximum absolute atomic E-state index is 12.5. The standard InChI is InChI=1S/C14H22N6O4/c1-18(2)14(23)15-11-8-19(17-16-11)9-12(21)20-7-5-4-6-10(20)13(22)24-3/h8,10H,4-7,9H2,1-3H3,(H,15,23). The number of urea groups is 1. The van der Waals surface area contributed by atoms with Crippen molar-refractivity contribution in [2.24, 2.45) is 0 Å². The number of rotatable bonds is 4. The number of hydrogen-bond donors (Lipinski definition) is 1. The van der Waals surface area contributed by atoms with Gasteiger partial charge in [-0.05, 0) is 19.3 Å². The maximum Gasteiger partial charge on any atom is 0.328 e. The zero-order valence-corrected chi connectivity index (χ0v) is 14.1. The summed E-state index contributed by atoms with van der Waals surface area (Å²) in [6.45, 7) is 0.454. The van der Waals surface area contributed by atoms with Gasteiger partial charge in [0, 0.05) is 20.6 Å². The first-order valence-electron chi connectivity index (χ1n) is 7.68. The molecule has 0 saturated carbocycles. The van der Waals surface area contributed by atoms with E-state index >= 15 is 0 Å². The van der Waals surface area contributed by atoms with Gasteiger partial charge in [-0.15, -0.1) is 5.10 Å². The van der Waals surface area contributed by atoms with E-state index < -0.39 is 12.0 Å². The van der Waals surface area contributed by atoms with E-state index in [-0.39, 0.29) is 24.3 Å². The van der Waals surface area contributed by atoms with E-state index in [0.29, 0.717) is 13.0 Å². The number of carbonyl (C=O) groups excluding carboxylic acids is 3. The molecule has 1 aromatic heterocycles. The van der Waals surface area contributed by atoms with Crippen LogP contribution < -0.4 is 5.32 Å². The summed E-state index contributed by atoms with van der Waals surface area (Å²) in [6.07, 6.45) is 3.80. The molecule has 1 aliphatic heterocycles. The minimum atomic E-state index is -0.548. The Morgan fingerprint density at radius 3 is 2.79 bits per heavy atom. The maximum atomic E-state index is 12.5. The largest absolute Gasteiger partial charge is 0.467 e. The Bertz CT molecular complexity index is 614. The van der Waals surface area contributed by atoms with Crippen molar-refractivity contribution in [3.63, 3.8) is 0 Å². The van der Waals surface area contributed by atoms with Gasteiger partial charge in [0.2, 0.25) is 5.91 Å². The Morgan fingerprint density at radius 1 is 1.38 bits per heavy atom. The van der Waals surface area contributed by atoms with Crippen molar-refractivity contribution >= 4 is 23.7 Å². The third-order valence-corrected chi connectivity index (χ3v) is 3.77. The number of esters is 1. The summed E-state index contributed by atoms with van der Waals surface area (Å²) in [6, 6.07) is -0.886. The first kappa shape index (κ1) is 17.7. The van der Waals surface area contributed by atoms with Gasteiger partial charge in [-0.25, -0.2) is 14.3 Å². The van der Waals surface area contributed by atoms with Crippen LogP contribution >= 0.6 is 0 Å². The van der Waals surface area contributed by atoms with Crippen LogP contribution in [-0.4, -0.2) is 76.5 Å². The number of aromatic nitrogens is 3. The molecular formula is C14H22N6O4. The number of nitrogens with zero attached hydrogens (tertiary/aromatic N) is 5. The minimum Gasteiger partial charge on any atom is -0.467 e. The van der Waals surface area contributed by atoms with Gasteiger partial charge in [0.15, 0.2) is 5.82 Å². The van der Waals surface area contributed by atoms with Crippen molar-refractivity contribution in [1.82, 2.24) is 24.8 Å². The van der Waals surface area contributed by atoms with E-state index in [4.69, 9.17) is 4.74 Å². The normalized spacial score (nSPS) is 17.3. The first-order valence-corrected chi connectivity index (χ1v) is 7.68. The molecule has 0 aromatic carbocycles. The molecule has 10 nitrogen and oxygen atoms in total. The van der Waals surface area contributed by atoms with Crippen LogP contribution in [0.3, 0.4) is 0 Å². The van der Waals surface area contributed by atoms with Crippen LogP contribution in [0.15, 0.2) is 6.20 Å². The Labute approximate surface area is 139 Å². The lowest BCUT2D eigenvalue weighted by molar-refractivity contribution is -0.155. The van der Waals surface area contributed by atoms with E-state index in [0.717, 1.165) is 12.8 Å². The zero-order valence-electron chi connectivity index (χ0n) is 14.1. The van der Waals surface area contributed by atoms with Gasteiger partial charge in [-0.2, -0.15) is 0 Å². The van der Waals surface area contributed by atoms with Crippen LogP contribution in [0.25, 0.3) is 0 Å². The number of likely N-dealkylation sites (tertiary alicyclic amines) is 1. The molecule has 1 aromatic rings. The summed E-state index contributed by atoms with van der Waals surface area (Å²) < 4.78 is 6.10. The van der Waals surface area contributed by atoms with E-state index in [2.05, 4.69) is 15.6 Å². The van der Waals surface area contributed by atoms with Crippen LogP contribution in [0.5, 0.6) is 0 Å². The van der Waals surface area contributed by atoms with E-state index in [1.165, 1.54) is 27.8 Å². The molecule has 1 fully saturated rings. The lowest BCUT2D eigenvalue weighted by Gasteiger charge is -2.33. The number of methoxy groups -OCH3 is 1. The quantitative estimate of drug-likeness (QED) is 0.769. The summed E-state index contributed by atoms with van der Waals surface area (Å²) in [5.41, 5.74) is 0. The molecule has 0 bridgehead atoms. The fourth-order valence-electron chi connectivity index (χ4n) is 2.49. The molecule has 1 aliphatic rings. The Kier molecular flexibility index (Phi) is 5.72. The highest BCUT2D eigenvalue weighted by Crippen LogP contribution is 2.18. The molecule has 2 heterocycles. The number of anilines is 1. The predicted molar refractivity (Wildman–Crippen MR) is 84.1 cm³/mol. The molecule has 0 spiro atoms. The lowest BCUT2D eigenvalue weighted by atomic mass is 10.0. The summed E-state index contributed by atoms with van der Waals surface area (Å²) in [5.74, 6) is -0.384. The Morgan fingerprint density at radius 2 is 2.12 bits per heavy atom. The third kappa shape index (κ3) is 4.21. The minimum absolute atomic E-state index is 0.0572. The van der Waals surface area contributed by atoms with Crippen molar-refractivity contribution < 1.29 is 19.1 Å². The fourth-order valence-corrected chi connectivity index (χ4v) is 2.49. The molecule has 1 saturated heterocycles. The molecule has 3 amide bonds. The van der Waals surface area contributed by atoms with Gasteiger partial charge >= 0.3 is 12.0 Å². The van der Waals surface area contributed by atoms with Crippen LogP contribution in [-0.2, 0) is 20.9 Å². The molecule has 132 valence electrons. The number of ether oxygens (including phenoxy) is 1. The average Bonchev–Trinajstić information content (AvgIpc) is 3.00. The second-order valence-electron chi connectivity index (χ2n) is 5.75. The van der Waals surface area contributed by atoms with Crippen molar-refractivity contribution in [2.45, 2.75) is 31.8 Å². The smallest absolute Gasteiger partial charge is 0.328 e. The van der Waals surface area contributed by atoms with Crippen molar-refractivity contribution in [2.75, 3.05) is 33.1 Å². The van der Waals surface area contributed by atoms with Gasteiger partial charge in [0.1, 0.15) is 12.6 Å². The highest BCUT2D eigenvalue weighted by molar-refractivity contribution is 5.87. The molecule has 2 rings (SSSR count). The molecule has 1 N–H and O–H groups in total. The number of amides is 3. The van der Waals surface area contributed by atoms with Gasteiger partial charge in [0.25, 0.3) is 0 Å². The van der Waals surface area contributed by atoms with Gasteiger partial charge in [-0.1, -0.05) is 5.21 Å². The second-order valence-corrected chi connectivity index (χ2v) is 5.75. The first-order chi connectivity index (χ1) is 11.4. The van der Waals surface area contributed by atoms with Gasteiger partial charge in [-0.3, -0.25) is 10.1 Å². The van der Waals surface area contributed by atoms with E-state index in [9.17, 15) is 14.4 Å². The van der Waals surface area contributed by atoms with Gasteiger partial charge in [0.05, 0.1) is 13.3 Å². The number of nitrogens with one attached hydrogen (secondary N) is 1. The molecular weight excluding hydrogens is 316 g/mol.